The molecule has 0 saturated carbocycles. The maximum Gasteiger partial charge on any atom is 0.140 e. The van der Waals surface area contributed by atoms with Crippen LogP contribution in [-0.2, 0) is 0 Å². The standard InChI is InChI=1S/C16H22O2/c1-3-4-5-6-7-8-12-16(17)14-10-9-11-15(13-14)18-2/h9-11,13,16-17H,3-7H2,1-2H3/t16-/m0/s1. The van der Waals surface area contributed by atoms with Crippen molar-refractivity contribution in [1.82, 2.24) is 0 Å². The largest absolute Gasteiger partial charge is 0.497 e. The first kappa shape index (κ1) is 14.6. The number of hydrogen-bond donors (Lipinski definition) is 1. The van der Waals surface area contributed by atoms with E-state index in [1.807, 2.05) is 24.3 Å². The quantitative estimate of drug-likeness (QED) is 0.612. The van der Waals surface area contributed by atoms with Crippen molar-refractivity contribution in [1.29, 1.82) is 0 Å². The van der Waals surface area contributed by atoms with Crippen LogP contribution < -0.4 is 4.74 Å². The fraction of sp³-hybridized carbons (Fsp3) is 0.500. The van der Waals surface area contributed by atoms with Gasteiger partial charge in [-0.3, -0.25) is 0 Å². The smallest absolute Gasteiger partial charge is 0.140 e. The van der Waals surface area contributed by atoms with Gasteiger partial charge in [0.2, 0.25) is 0 Å². The van der Waals surface area contributed by atoms with Crippen molar-refractivity contribution in [3.05, 3.63) is 29.8 Å². The average molecular weight is 246 g/mol. The second-order valence-corrected chi connectivity index (χ2v) is 4.31. The van der Waals surface area contributed by atoms with E-state index >= 15 is 0 Å². The number of benzene rings is 1. The third kappa shape index (κ3) is 5.25. The molecule has 1 N–H and O–H groups in total. The minimum atomic E-state index is -0.716. The zero-order valence-corrected chi connectivity index (χ0v) is 11.3. The van der Waals surface area contributed by atoms with Gasteiger partial charge >= 0.3 is 0 Å². The van der Waals surface area contributed by atoms with Crippen LogP contribution in [0.4, 0.5) is 0 Å². The zero-order chi connectivity index (χ0) is 13.2. The summed E-state index contributed by atoms with van der Waals surface area (Å²) in [6.07, 6.45) is 4.99. The number of aliphatic hydroxyl groups is 1. The highest BCUT2D eigenvalue weighted by Crippen LogP contribution is 2.18. The number of rotatable bonds is 6. The molecule has 0 unspecified atom stereocenters. The Hall–Kier alpha value is -1.46. The molecule has 0 bridgehead atoms. The van der Waals surface area contributed by atoms with Crippen LogP contribution in [0.25, 0.3) is 0 Å². The maximum atomic E-state index is 9.91. The van der Waals surface area contributed by atoms with Gasteiger partial charge in [0.1, 0.15) is 11.9 Å². The minimum absolute atomic E-state index is 0.716. The summed E-state index contributed by atoms with van der Waals surface area (Å²) in [5.74, 6) is 6.66. The topological polar surface area (TPSA) is 29.5 Å². The summed E-state index contributed by atoms with van der Waals surface area (Å²) in [5, 5.41) is 9.91. The van der Waals surface area contributed by atoms with Crippen molar-refractivity contribution >= 4 is 0 Å². The van der Waals surface area contributed by atoms with Crippen molar-refractivity contribution in [2.45, 2.75) is 45.1 Å². The summed E-state index contributed by atoms with van der Waals surface area (Å²) in [4.78, 5) is 0. The number of methoxy groups -OCH3 is 1. The molecule has 18 heavy (non-hydrogen) atoms. The van der Waals surface area contributed by atoms with Gasteiger partial charge in [0.15, 0.2) is 0 Å². The fourth-order valence-corrected chi connectivity index (χ4v) is 1.70. The third-order valence-corrected chi connectivity index (χ3v) is 2.80. The first-order chi connectivity index (χ1) is 8.77. The molecule has 0 radical (unpaired) electrons. The molecule has 2 nitrogen and oxygen atoms in total. The van der Waals surface area contributed by atoms with Crippen LogP contribution in [0, 0.1) is 11.8 Å². The van der Waals surface area contributed by atoms with Crippen LogP contribution in [0.5, 0.6) is 5.75 Å². The lowest BCUT2D eigenvalue weighted by atomic mass is 10.1. The molecular weight excluding hydrogens is 224 g/mol. The minimum Gasteiger partial charge on any atom is -0.497 e. The normalized spacial score (nSPS) is 11.5. The van der Waals surface area contributed by atoms with Crippen LogP contribution in [-0.4, -0.2) is 12.2 Å². The van der Waals surface area contributed by atoms with E-state index in [4.69, 9.17) is 4.74 Å². The highest BCUT2D eigenvalue weighted by atomic mass is 16.5. The Morgan fingerprint density at radius 2 is 2.11 bits per heavy atom. The lowest BCUT2D eigenvalue weighted by Gasteiger charge is -2.05. The Balaban J connectivity index is 2.44. The molecule has 0 heterocycles. The van der Waals surface area contributed by atoms with Gasteiger partial charge in [0.25, 0.3) is 0 Å². The molecule has 98 valence electrons. The van der Waals surface area contributed by atoms with Crippen LogP contribution in [0.3, 0.4) is 0 Å². The zero-order valence-electron chi connectivity index (χ0n) is 11.3. The van der Waals surface area contributed by atoms with E-state index in [0.717, 1.165) is 24.2 Å². The van der Waals surface area contributed by atoms with Crippen LogP contribution in [0.1, 0.15) is 50.7 Å². The van der Waals surface area contributed by atoms with Gasteiger partial charge in [-0.2, -0.15) is 0 Å². The van der Waals surface area contributed by atoms with Crippen molar-refractivity contribution < 1.29 is 9.84 Å². The van der Waals surface area contributed by atoms with E-state index in [2.05, 4.69) is 18.8 Å². The van der Waals surface area contributed by atoms with E-state index in [1.165, 1.54) is 19.3 Å². The van der Waals surface area contributed by atoms with Gasteiger partial charge in [-0.25, -0.2) is 0 Å². The van der Waals surface area contributed by atoms with E-state index in [1.54, 1.807) is 7.11 Å². The summed E-state index contributed by atoms with van der Waals surface area (Å²) in [7, 11) is 1.62. The second-order valence-electron chi connectivity index (χ2n) is 4.31. The molecule has 0 aromatic heterocycles. The molecule has 1 aromatic carbocycles. The first-order valence-corrected chi connectivity index (χ1v) is 6.58. The molecule has 0 amide bonds. The Labute approximate surface area is 110 Å². The molecule has 0 saturated heterocycles. The third-order valence-electron chi connectivity index (χ3n) is 2.80. The fourth-order valence-electron chi connectivity index (χ4n) is 1.70. The molecule has 1 rings (SSSR count). The van der Waals surface area contributed by atoms with E-state index < -0.39 is 6.10 Å². The number of aliphatic hydroxyl groups excluding tert-OH is 1. The molecule has 1 atom stereocenters. The maximum absolute atomic E-state index is 9.91. The van der Waals surface area contributed by atoms with Crippen molar-refractivity contribution in [3.8, 4) is 17.6 Å². The Bertz CT molecular complexity index is 401. The molecule has 0 aliphatic heterocycles. The summed E-state index contributed by atoms with van der Waals surface area (Å²) in [5.41, 5.74) is 0.787. The molecule has 1 aromatic rings. The van der Waals surface area contributed by atoms with Crippen molar-refractivity contribution in [2.75, 3.05) is 7.11 Å². The Morgan fingerprint density at radius 1 is 1.28 bits per heavy atom. The van der Waals surface area contributed by atoms with E-state index in [0.29, 0.717) is 0 Å². The Kier molecular flexibility index (Phi) is 6.98. The summed E-state index contributed by atoms with van der Waals surface area (Å²) >= 11 is 0. The van der Waals surface area contributed by atoms with Gasteiger partial charge in [-0.15, -0.1) is 5.92 Å². The molecule has 2 heteroatoms. The molecule has 0 aliphatic carbocycles. The van der Waals surface area contributed by atoms with Gasteiger partial charge in [0.05, 0.1) is 7.11 Å². The van der Waals surface area contributed by atoms with Crippen LogP contribution in [0.15, 0.2) is 24.3 Å². The van der Waals surface area contributed by atoms with Gasteiger partial charge < -0.3 is 9.84 Å². The highest BCUT2D eigenvalue weighted by molar-refractivity contribution is 5.33. The van der Waals surface area contributed by atoms with E-state index in [9.17, 15) is 5.11 Å². The summed E-state index contributed by atoms with van der Waals surface area (Å²) in [6.45, 7) is 2.19. The van der Waals surface area contributed by atoms with Crippen LogP contribution in [0.2, 0.25) is 0 Å². The SMILES string of the molecule is CCCCCCC#C[C@H](O)c1cccc(OC)c1. The first-order valence-electron chi connectivity index (χ1n) is 6.58. The van der Waals surface area contributed by atoms with Crippen molar-refractivity contribution in [3.63, 3.8) is 0 Å². The number of hydrogen-bond acceptors (Lipinski definition) is 2. The second kappa shape index (κ2) is 8.60. The highest BCUT2D eigenvalue weighted by Gasteiger charge is 2.03. The van der Waals surface area contributed by atoms with Gasteiger partial charge in [-0.05, 0) is 24.1 Å². The number of unbranched alkanes of at least 4 members (excludes halogenated alkanes) is 4. The number of ether oxygens (including phenoxy) is 1. The predicted octanol–water partition coefficient (Wildman–Crippen LogP) is 3.70. The molecule has 0 aliphatic rings. The molecule has 0 fully saturated rings. The van der Waals surface area contributed by atoms with Crippen molar-refractivity contribution in [2.24, 2.45) is 0 Å². The summed E-state index contributed by atoms with van der Waals surface area (Å²) in [6, 6.07) is 7.39. The molecule has 0 spiro atoms. The molecular formula is C16H22O2. The summed E-state index contributed by atoms with van der Waals surface area (Å²) < 4.78 is 5.12. The lowest BCUT2D eigenvalue weighted by molar-refractivity contribution is 0.237. The average Bonchev–Trinajstić information content (AvgIpc) is 2.42. The predicted molar refractivity (Wildman–Crippen MR) is 74.5 cm³/mol. The Morgan fingerprint density at radius 3 is 2.83 bits per heavy atom. The van der Waals surface area contributed by atoms with E-state index in [-0.39, 0.29) is 0 Å². The van der Waals surface area contributed by atoms with Gasteiger partial charge in [0, 0.05) is 6.42 Å². The monoisotopic (exact) mass is 246 g/mol. The van der Waals surface area contributed by atoms with Crippen LogP contribution >= 0.6 is 0 Å². The van der Waals surface area contributed by atoms with Gasteiger partial charge in [-0.1, -0.05) is 44.2 Å². The lowest BCUT2D eigenvalue weighted by Crippen LogP contribution is -1.94.